The fourth-order valence-corrected chi connectivity index (χ4v) is 4.74. The van der Waals surface area contributed by atoms with Crippen LogP contribution in [-0.4, -0.2) is 33.3 Å². The molecule has 1 aromatic heterocycles. The van der Waals surface area contributed by atoms with Gasteiger partial charge in [-0.25, -0.2) is 0 Å². The quantitative estimate of drug-likeness (QED) is 0.353. The van der Waals surface area contributed by atoms with E-state index in [0.717, 1.165) is 40.8 Å². The summed E-state index contributed by atoms with van der Waals surface area (Å²) < 4.78 is 5.68. The number of nitrogens with zero attached hydrogens (tertiary/aromatic N) is 2. The number of rotatable bonds is 4. The number of fused-ring (bicyclic) bond motifs is 1. The fourth-order valence-electron chi connectivity index (χ4n) is 4.74. The first-order chi connectivity index (χ1) is 16.4. The summed E-state index contributed by atoms with van der Waals surface area (Å²) in [5.41, 5.74) is 5.32. The second-order valence-corrected chi connectivity index (χ2v) is 8.92. The average molecular weight is 455 g/mol. The highest BCUT2D eigenvalue weighted by atomic mass is 16.5. The van der Waals surface area contributed by atoms with Crippen molar-refractivity contribution < 1.29 is 19.4 Å². The summed E-state index contributed by atoms with van der Waals surface area (Å²) in [5, 5.41) is 11.3. The number of amides is 1. The van der Waals surface area contributed by atoms with Crippen molar-refractivity contribution in [3.8, 4) is 5.75 Å². The van der Waals surface area contributed by atoms with Gasteiger partial charge in [-0.05, 0) is 73.2 Å². The molecular weight excluding hydrogens is 428 g/mol. The van der Waals surface area contributed by atoms with Crippen molar-refractivity contribution in [2.24, 2.45) is 0 Å². The highest BCUT2D eigenvalue weighted by molar-refractivity contribution is 6.46. The number of aromatic nitrogens is 1. The van der Waals surface area contributed by atoms with E-state index in [1.165, 1.54) is 4.90 Å². The predicted octanol–water partition coefficient (Wildman–Crippen LogP) is 4.65. The van der Waals surface area contributed by atoms with Crippen molar-refractivity contribution in [3.05, 3.63) is 99.9 Å². The van der Waals surface area contributed by atoms with Gasteiger partial charge < -0.3 is 14.7 Å². The Morgan fingerprint density at radius 2 is 2.00 bits per heavy atom. The van der Waals surface area contributed by atoms with Crippen molar-refractivity contribution in [2.75, 3.05) is 6.61 Å². The molecule has 0 radical (unpaired) electrons. The van der Waals surface area contributed by atoms with Gasteiger partial charge in [0.2, 0.25) is 0 Å². The van der Waals surface area contributed by atoms with Gasteiger partial charge in [0.25, 0.3) is 11.7 Å². The molecule has 5 rings (SSSR count). The van der Waals surface area contributed by atoms with Crippen LogP contribution >= 0.6 is 0 Å². The topological polar surface area (TPSA) is 79.7 Å². The second kappa shape index (κ2) is 8.78. The molecule has 1 atom stereocenters. The first-order valence-electron chi connectivity index (χ1n) is 11.4. The molecule has 3 heterocycles. The van der Waals surface area contributed by atoms with E-state index in [-0.39, 0.29) is 17.9 Å². The summed E-state index contributed by atoms with van der Waals surface area (Å²) in [6.45, 7) is 4.91. The SMILES string of the molecule is Cc1ccc(C)c(CN2C(=O)C(=O)/C(=C(\O)c3ccc4c(c3)CCCO4)C2c2cccnc2)c1. The largest absolute Gasteiger partial charge is 0.507 e. The Hall–Kier alpha value is -3.93. The number of benzene rings is 2. The summed E-state index contributed by atoms with van der Waals surface area (Å²) in [7, 11) is 0. The van der Waals surface area contributed by atoms with Crippen LogP contribution in [0.25, 0.3) is 5.76 Å². The van der Waals surface area contributed by atoms with Gasteiger partial charge in [0.1, 0.15) is 11.5 Å². The molecular formula is C28H26N2O4. The summed E-state index contributed by atoms with van der Waals surface area (Å²) in [6, 6.07) is 14.3. The number of pyridine rings is 1. The molecule has 0 saturated carbocycles. The van der Waals surface area contributed by atoms with E-state index in [0.29, 0.717) is 17.7 Å². The number of hydrogen-bond acceptors (Lipinski definition) is 5. The third-order valence-electron chi connectivity index (χ3n) is 6.57. The lowest BCUT2D eigenvalue weighted by atomic mass is 9.94. The lowest BCUT2D eigenvalue weighted by molar-refractivity contribution is -0.140. The van der Waals surface area contributed by atoms with E-state index in [4.69, 9.17) is 4.74 Å². The maximum absolute atomic E-state index is 13.3. The van der Waals surface area contributed by atoms with Gasteiger partial charge in [0.05, 0.1) is 18.2 Å². The molecule has 2 aromatic carbocycles. The maximum Gasteiger partial charge on any atom is 0.295 e. The summed E-state index contributed by atoms with van der Waals surface area (Å²) in [5.74, 6) is -0.700. The molecule has 2 aliphatic heterocycles. The highest BCUT2D eigenvalue weighted by Crippen LogP contribution is 2.41. The minimum absolute atomic E-state index is 0.0833. The van der Waals surface area contributed by atoms with Crippen LogP contribution in [0.15, 0.2) is 66.5 Å². The van der Waals surface area contributed by atoms with Crippen molar-refractivity contribution in [2.45, 2.75) is 39.3 Å². The molecule has 3 aromatic rings. The molecule has 34 heavy (non-hydrogen) atoms. The van der Waals surface area contributed by atoms with E-state index in [2.05, 4.69) is 4.98 Å². The summed E-state index contributed by atoms with van der Waals surface area (Å²) >= 11 is 0. The van der Waals surface area contributed by atoms with E-state index < -0.39 is 17.7 Å². The number of aliphatic hydroxyl groups excluding tert-OH is 1. The first kappa shape index (κ1) is 21.9. The number of carbonyl (C=O) groups is 2. The fraction of sp³-hybridized carbons (Fsp3) is 0.250. The average Bonchev–Trinajstić information content (AvgIpc) is 3.11. The number of ketones is 1. The van der Waals surface area contributed by atoms with Crippen LogP contribution in [0.2, 0.25) is 0 Å². The molecule has 6 nitrogen and oxygen atoms in total. The van der Waals surface area contributed by atoms with Crippen molar-refractivity contribution in [1.82, 2.24) is 9.88 Å². The third-order valence-corrected chi connectivity index (χ3v) is 6.57. The number of Topliss-reactive ketones (excluding diaryl/α,β-unsaturated/α-hetero) is 1. The van der Waals surface area contributed by atoms with Crippen molar-refractivity contribution in [1.29, 1.82) is 0 Å². The summed E-state index contributed by atoms with van der Waals surface area (Å²) in [4.78, 5) is 32.3. The van der Waals surface area contributed by atoms with E-state index in [1.54, 1.807) is 24.5 Å². The molecule has 1 saturated heterocycles. The van der Waals surface area contributed by atoms with Gasteiger partial charge in [0, 0.05) is 24.5 Å². The number of carbonyl (C=O) groups excluding carboxylic acids is 2. The number of aryl methyl sites for hydroxylation is 3. The maximum atomic E-state index is 13.3. The normalized spacial score (nSPS) is 19.1. The van der Waals surface area contributed by atoms with E-state index >= 15 is 0 Å². The smallest absolute Gasteiger partial charge is 0.295 e. The van der Waals surface area contributed by atoms with Crippen molar-refractivity contribution in [3.63, 3.8) is 0 Å². The molecule has 6 heteroatoms. The Bertz CT molecular complexity index is 1310. The van der Waals surface area contributed by atoms with E-state index in [9.17, 15) is 14.7 Å². The molecule has 172 valence electrons. The molecule has 0 bridgehead atoms. The van der Waals surface area contributed by atoms with Gasteiger partial charge in [-0.3, -0.25) is 14.6 Å². The summed E-state index contributed by atoms with van der Waals surface area (Å²) in [6.07, 6.45) is 5.01. The van der Waals surface area contributed by atoms with Crippen LogP contribution in [0, 0.1) is 13.8 Å². The third kappa shape index (κ3) is 3.85. The molecule has 1 unspecified atom stereocenters. The van der Waals surface area contributed by atoms with Crippen LogP contribution in [0.1, 0.15) is 45.8 Å². The van der Waals surface area contributed by atoms with Crippen LogP contribution in [-0.2, 0) is 22.6 Å². The molecule has 1 amide bonds. The number of likely N-dealkylation sites (tertiary alicyclic amines) is 1. The monoisotopic (exact) mass is 454 g/mol. The zero-order chi connectivity index (χ0) is 23.8. The van der Waals surface area contributed by atoms with Gasteiger partial charge >= 0.3 is 0 Å². The van der Waals surface area contributed by atoms with Gasteiger partial charge in [-0.2, -0.15) is 0 Å². The zero-order valence-electron chi connectivity index (χ0n) is 19.2. The predicted molar refractivity (Wildman–Crippen MR) is 128 cm³/mol. The van der Waals surface area contributed by atoms with Gasteiger partial charge in [0.15, 0.2) is 0 Å². The molecule has 2 aliphatic rings. The second-order valence-electron chi connectivity index (χ2n) is 8.92. The van der Waals surface area contributed by atoms with E-state index in [1.807, 2.05) is 50.2 Å². The Morgan fingerprint density at radius 1 is 1.15 bits per heavy atom. The van der Waals surface area contributed by atoms with Crippen molar-refractivity contribution >= 4 is 17.4 Å². The Labute approximate surface area is 198 Å². The minimum Gasteiger partial charge on any atom is -0.507 e. The molecule has 0 spiro atoms. The molecule has 0 aliphatic carbocycles. The first-order valence-corrected chi connectivity index (χ1v) is 11.4. The van der Waals surface area contributed by atoms with Crippen LogP contribution in [0.4, 0.5) is 0 Å². The van der Waals surface area contributed by atoms with Crippen LogP contribution in [0.5, 0.6) is 5.75 Å². The Kier molecular flexibility index (Phi) is 5.65. The Balaban J connectivity index is 1.63. The highest BCUT2D eigenvalue weighted by Gasteiger charge is 2.46. The lowest BCUT2D eigenvalue weighted by Crippen LogP contribution is -2.29. The number of aliphatic hydroxyl groups is 1. The number of ether oxygens (including phenoxy) is 1. The van der Waals surface area contributed by atoms with Gasteiger partial charge in [-0.15, -0.1) is 0 Å². The minimum atomic E-state index is -0.735. The lowest BCUT2D eigenvalue weighted by Gasteiger charge is -2.26. The van der Waals surface area contributed by atoms with Crippen LogP contribution < -0.4 is 4.74 Å². The standard InChI is InChI=1S/C28H26N2O4/c1-17-7-8-18(2)22(13-17)16-30-25(21-5-3-11-29-15-21)24(27(32)28(30)33)26(31)20-9-10-23-19(14-20)6-4-12-34-23/h3,5,7-11,13-15,25,31H,4,6,12,16H2,1-2H3/b26-24-. The molecule has 1 N–H and O–H groups in total. The van der Waals surface area contributed by atoms with Crippen LogP contribution in [0.3, 0.4) is 0 Å². The van der Waals surface area contributed by atoms with Gasteiger partial charge in [-0.1, -0.05) is 29.8 Å². The molecule has 1 fully saturated rings. The zero-order valence-corrected chi connectivity index (χ0v) is 19.2. The number of hydrogen-bond donors (Lipinski definition) is 1. The Morgan fingerprint density at radius 3 is 2.79 bits per heavy atom.